The number of halogens is 1. The van der Waals surface area contributed by atoms with Crippen LogP contribution in [0.15, 0.2) is 82.4 Å². The number of esters is 1. The van der Waals surface area contributed by atoms with Crippen molar-refractivity contribution in [1.29, 1.82) is 0 Å². The molecule has 0 radical (unpaired) electrons. The molecule has 0 aliphatic rings. The quantitative estimate of drug-likeness (QED) is 0.234. The van der Waals surface area contributed by atoms with Crippen LogP contribution in [0.5, 0.6) is 11.5 Å². The fourth-order valence-electron chi connectivity index (χ4n) is 2.51. The number of hydrogen-bond donors (Lipinski definition) is 1. The number of nitrogens with one attached hydrogen (secondary N) is 1. The van der Waals surface area contributed by atoms with Crippen LogP contribution >= 0.6 is 15.9 Å². The molecule has 0 fully saturated rings. The summed E-state index contributed by atoms with van der Waals surface area (Å²) in [5, 5.41) is 3.96. The van der Waals surface area contributed by atoms with E-state index in [2.05, 4.69) is 26.5 Å². The largest absolute Gasteiger partial charge is 0.494 e. The maximum atomic E-state index is 12.2. The summed E-state index contributed by atoms with van der Waals surface area (Å²) in [4.78, 5) is 24.3. The van der Waals surface area contributed by atoms with Crippen molar-refractivity contribution in [1.82, 2.24) is 5.43 Å². The zero-order valence-electron chi connectivity index (χ0n) is 16.2. The predicted molar refractivity (Wildman–Crippen MR) is 118 cm³/mol. The lowest BCUT2D eigenvalue weighted by Gasteiger charge is -2.06. The summed E-state index contributed by atoms with van der Waals surface area (Å²) >= 11 is 3.33. The minimum atomic E-state index is -0.458. The van der Waals surface area contributed by atoms with E-state index in [1.807, 2.05) is 13.0 Å². The molecule has 0 aromatic heterocycles. The second-order valence-electron chi connectivity index (χ2n) is 6.09. The number of carbonyl (C=O) groups excluding carboxylic acids is 2. The van der Waals surface area contributed by atoms with Gasteiger partial charge in [0.1, 0.15) is 11.5 Å². The van der Waals surface area contributed by atoms with Gasteiger partial charge in [-0.2, -0.15) is 5.10 Å². The molecule has 3 aromatic rings. The first-order valence-corrected chi connectivity index (χ1v) is 9.99. The van der Waals surface area contributed by atoms with Crippen molar-refractivity contribution in [2.45, 2.75) is 6.92 Å². The average Bonchev–Trinajstić information content (AvgIpc) is 2.76. The van der Waals surface area contributed by atoms with Crippen LogP contribution in [0.3, 0.4) is 0 Å². The van der Waals surface area contributed by atoms with Gasteiger partial charge in [0.15, 0.2) is 0 Å². The molecule has 0 unspecified atom stereocenters. The molecule has 7 heteroatoms. The Hall–Kier alpha value is -3.45. The number of amides is 1. The number of hydrogen-bond acceptors (Lipinski definition) is 5. The van der Waals surface area contributed by atoms with Gasteiger partial charge in [-0.15, -0.1) is 0 Å². The first-order chi connectivity index (χ1) is 14.6. The average molecular weight is 467 g/mol. The normalized spacial score (nSPS) is 10.6. The molecule has 6 nitrogen and oxygen atoms in total. The van der Waals surface area contributed by atoms with Crippen LogP contribution in [0, 0.1) is 0 Å². The third-order valence-corrected chi connectivity index (χ3v) is 4.68. The van der Waals surface area contributed by atoms with E-state index in [1.165, 1.54) is 6.21 Å². The number of rotatable bonds is 7. The van der Waals surface area contributed by atoms with Gasteiger partial charge in [-0.3, -0.25) is 4.79 Å². The Bertz CT molecular complexity index is 1050. The molecule has 0 aliphatic carbocycles. The Balaban J connectivity index is 1.55. The summed E-state index contributed by atoms with van der Waals surface area (Å²) in [6, 6.07) is 20.6. The highest BCUT2D eigenvalue weighted by molar-refractivity contribution is 9.10. The van der Waals surface area contributed by atoms with Crippen LogP contribution in [-0.2, 0) is 0 Å². The summed E-state index contributed by atoms with van der Waals surface area (Å²) in [7, 11) is 0. The van der Waals surface area contributed by atoms with E-state index in [4.69, 9.17) is 9.47 Å². The first kappa shape index (κ1) is 21.3. The highest BCUT2D eigenvalue weighted by Crippen LogP contribution is 2.17. The van der Waals surface area contributed by atoms with Crippen molar-refractivity contribution >= 4 is 34.0 Å². The zero-order valence-corrected chi connectivity index (χ0v) is 17.8. The summed E-state index contributed by atoms with van der Waals surface area (Å²) in [6.07, 6.45) is 1.51. The van der Waals surface area contributed by atoms with Gasteiger partial charge >= 0.3 is 5.97 Å². The monoisotopic (exact) mass is 466 g/mol. The van der Waals surface area contributed by atoms with Crippen LogP contribution in [0.4, 0.5) is 0 Å². The van der Waals surface area contributed by atoms with Gasteiger partial charge < -0.3 is 9.47 Å². The van der Waals surface area contributed by atoms with Crippen molar-refractivity contribution in [3.63, 3.8) is 0 Å². The minimum Gasteiger partial charge on any atom is -0.494 e. The van der Waals surface area contributed by atoms with Crippen LogP contribution < -0.4 is 14.9 Å². The number of nitrogens with zero attached hydrogens (tertiary/aromatic N) is 1. The second kappa shape index (κ2) is 10.4. The van der Waals surface area contributed by atoms with Crippen LogP contribution in [0.2, 0.25) is 0 Å². The van der Waals surface area contributed by atoms with Gasteiger partial charge in [0.25, 0.3) is 5.91 Å². The third-order valence-electron chi connectivity index (χ3n) is 3.99. The van der Waals surface area contributed by atoms with Crippen molar-refractivity contribution in [3.05, 3.63) is 94.0 Å². The lowest BCUT2D eigenvalue weighted by Crippen LogP contribution is -2.18. The van der Waals surface area contributed by atoms with Crippen molar-refractivity contribution in [2.24, 2.45) is 5.10 Å². The van der Waals surface area contributed by atoms with Crippen molar-refractivity contribution in [2.75, 3.05) is 6.61 Å². The molecule has 1 N–H and O–H groups in total. The Morgan fingerprint density at radius 2 is 1.63 bits per heavy atom. The molecular formula is C23H19BrN2O4. The summed E-state index contributed by atoms with van der Waals surface area (Å²) < 4.78 is 11.4. The van der Waals surface area contributed by atoms with E-state index < -0.39 is 5.97 Å². The number of benzene rings is 3. The molecule has 152 valence electrons. The first-order valence-electron chi connectivity index (χ1n) is 9.20. The Labute approximate surface area is 182 Å². The number of ether oxygens (including phenoxy) is 2. The van der Waals surface area contributed by atoms with Gasteiger partial charge in [0.05, 0.1) is 23.9 Å². The third kappa shape index (κ3) is 5.78. The topological polar surface area (TPSA) is 77.0 Å². The zero-order chi connectivity index (χ0) is 21.3. The Kier molecular flexibility index (Phi) is 7.34. The lowest BCUT2D eigenvalue weighted by molar-refractivity contribution is 0.0734. The highest BCUT2D eigenvalue weighted by Gasteiger charge is 2.09. The van der Waals surface area contributed by atoms with Gasteiger partial charge in [-0.05, 0) is 89.1 Å². The second-order valence-corrected chi connectivity index (χ2v) is 6.95. The fourth-order valence-corrected chi connectivity index (χ4v) is 2.98. The summed E-state index contributed by atoms with van der Waals surface area (Å²) in [5.41, 5.74) is 4.14. The van der Waals surface area contributed by atoms with Gasteiger partial charge in [0.2, 0.25) is 0 Å². The van der Waals surface area contributed by atoms with Crippen LogP contribution in [0.25, 0.3) is 0 Å². The molecule has 0 bridgehead atoms. The highest BCUT2D eigenvalue weighted by atomic mass is 79.9. The standard InChI is InChI=1S/C23H19BrN2O4/c1-2-29-18-13-9-17(10-14-18)23(28)30-19-11-7-16(8-12-19)15-25-26-22(27)20-5-3-4-6-21(20)24/h3-15H,2H2,1H3,(H,26,27). The molecule has 0 saturated carbocycles. The molecule has 1 amide bonds. The molecular weight excluding hydrogens is 448 g/mol. The van der Waals surface area contributed by atoms with Crippen LogP contribution in [0.1, 0.15) is 33.2 Å². The molecule has 30 heavy (non-hydrogen) atoms. The molecule has 0 atom stereocenters. The molecule has 3 aromatic carbocycles. The number of hydrazone groups is 1. The van der Waals surface area contributed by atoms with E-state index in [9.17, 15) is 9.59 Å². The van der Waals surface area contributed by atoms with Crippen molar-refractivity contribution in [3.8, 4) is 11.5 Å². The van der Waals surface area contributed by atoms with Crippen LogP contribution in [-0.4, -0.2) is 24.7 Å². The summed E-state index contributed by atoms with van der Waals surface area (Å²) in [5.74, 6) is 0.326. The predicted octanol–water partition coefficient (Wildman–Crippen LogP) is 4.83. The molecule has 0 heterocycles. The van der Waals surface area contributed by atoms with E-state index >= 15 is 0 Å². The molecule has 0 spiro atoms. The molecule has 0 saturated heterocycles. The van der Waals surface area contributed by atoms with E-state index in [0.29, 0.717) is 33.7 Å². The maximum absolute atomic E-state index is 12.2. The Morgan fingerprint density at radius 1 is 0.967 bits per heavy atom. The SMILES string of the molecule is CCOc1ccc(C(=O)Oc2ccc(C=NNC(=O)c3ccccc3Br)cc2)cc1. The Morgan fingerprint density at radius 3 is 2.30 bits per heavy atom. The van der Waals surface area contributed by atoms with E-state index in [-0.39, 0.29) is 5.91 Å². The number of carbonyl (C=O) groups is 2. The fraction of sp³-hybridized carbons (Fsp3) is 0.0870. The lowest BCUT2D eigenvalue weighted by atomic mass is 10.2. The minimum absolute atomic E-state index is 0.320. The smallest absolute Gasteiger partial charge is 0.343 e. The van der Waals surface area contributed by atoms with Gasteiger partial charge in [-0.25, -0.2) is 10.2 Å². The van der Waals surface area contributed by atoms with E-state index in [0.717, 1.165) is 5.56 Å². The van der Waals surface area contributed by atoms with Gasteiger partial charge in [-0.1, -0.05) is 12.1 Å². The maximum Gasteiger partial charge on any atom is 0.343 e. The molecule has 3 rings (SSSR count). The van der Waals surface area contributed by atoms with E-state index in [1.54, 1.807) is 66.7 Å². The van der Waals surface area contributed by atoms with Gasteiger partial charge in [0, 0.05) is 4.47 Å². The van der Waals surface area contributed by atoms with Crippen molar-refractivity contribution < 1.29 is 19.1 Å². The summed E-state index contributed by atoms with van der Waals surface area (Å²) in [6.45, 7) is 2.46. The molecule has 0 aliphatic heterocycles.